The standard InChI is InChI=1S/C16H17N3O2S2/c1-11(13-4-3-8-22-13)18(2)14(20)5-7-19-10-17-15-12(16(19)21)6-9-23-15/h3-4,6,8-11H,5,7H2,1-2H3. The predicted octanol–water partition coefficient (Wildman–Crippen LogP) is 3.13. The van der Waals surface area contributed by atoms with Gasteiger partial charge in [-0.25, -0.2) is 4.98 Å². The van der Waals surface area contributed by atoms with Crippen LogP contribution in [-0.4, -0.2) is 27.4 Å². The molecule has 23 heavy (non-hydrogen) atoms. The first-order valence-electron chi connectivity index (χ1n) is 7.29. The third-order valence-corrected chi connectivity index (χ3v) is 5.81. The lowest BCUT2D eigenvalue weighted by Gasteiger charge is -2.24. The van der Waals surface area contributed by atoms with E-state index in [4.69, 9.17) is 0 Å². The van der Waals surface area contributed by atoms with Crippen LogP contribution in [-0.2, 0) is 11.3 Å². The van der Waals surface area contributed by atoms with E-state index in [1.807, 2.05) is 29.8 Å². The van der Waals surface area contributed by atoms with Crippen LogP contribution in [0.15, 0.2) is 40.1 Å². The van der Waals surface area contributed by atoms with E-state index in [0.29, 0.717) is 11.9 Å². The van der Waals surface area contributed by atoms with E-state index in [9.17, 15) is 9.59 Å². The summed E-state index contributed by atoms with van der Waals surface area (Å²) in [6, 6.07) is 5.82. The summed E-state index contributed by atoms with van der Waals surface area (Å²) < 4.78 is 1.51. The fourth-order valence-corrected chi connectivity index (χ4v) is 3.93. The third-order valence-electron chi connectivity index (χ3n) is 3.95. The first kappa shape index (κ1) is 15.9. The molecular weight excluding hydrogens is 330 g/mol. The van der Waals surface area contributed by atoms with Crippen LogP contribution in [0.25, 0.3) is 10.2 Å². The first-order chi connectivity index (χ1) is 11.1. The molecule has 3 heterocycles. The molecule has 0 saturated carbocycles. The Bertz CT molecular complexity index is 867. The van der Waals surface area contributed by atoms with E-state index >= 15 is 0 Å². The van der Waals surface area contributed by atoms with Crippen molar-refractivity contribution < 1.29 is 4.79 Å². The van der Waals surface area contributed by atoms with Gasteiger partial charge in [0.05, 0.1) is 17.8 Å². The second kappa shape index (κ2) is 6.64. The van der Waals surface area contributed by atoms with E-state index in [-0.39, 0.29) is 23.9 Å². The number of aromatic nitrogens is 2. The second-order valence-corrected chi connectivity index (χ2v) is 7.20. The first-order valence-corrected chi connectivity index (χ1v) is 9.05. The Balaban J connectivity index is 1.68. The van der Waals surface area contributed by atoms with Crippen LogP contribution in [0.2, 0.25) is 0 Å². The van der Waals surface area contributed by atoms with Gasteiger partial charge < -0.3 is 4.90 Å². The molecule has 120 valence electrons. The number of rotatable bonds is 5. The van der Waals surface area contributed by atoms with Gasteiger partial charge in [-0.3, -0.25) is 14.2 Å². The van der Waals surface area contributed by atoms with Gasteiger partial charge in [-0.05, 0) is 29.8 Å². The van der Waals surface area contributed by atoms with E-state index < -0.39 is 0 Å². The van der Waals surface area contributed by atoms with Crippen molar-refractivity contribution in [3.05, 3.63) is 50.5 Å². The molecule has 5 nitrogen and oxygen atoms in total. The fraction of sp³-hybridized carbons (Fsp3) is 0.312. The van der Waals surface area contributed by atoms with E-state index in [0.717, 1.165) is 9.71 Å². The molecule has 0 fully saturated rings. The number of fused-ring (bicyclic) bond motifs is 1. The van der Waals surface area contributed by atoms with Gasteiger partial charge in [0, 0.05) is 24.9 Å². The van der Waals surface area contributed by atoms with Crippen LogP contribution in [0.1, 0.15) is 24.3 Å². The minimum absolute atomic E-state index is 0.0169. The van der Waals surface area contributed by atoms with Gasteiger partial charge in [-0.2, -0.15) is 0 Å². The Morgan fingerprint density at radius 3 is 2.91 bits per heavy atom. The summed E-state index contributed by atoms with van der Waals surface area (Å²) in [5.41, 5.74) is -0.0852. The minimum Gasteiger partial charge on any atom is -0.338 e. The molecular formula is C16H17N3O2S2. The maximum Gasteiger partial charge on any atom is 0.262 e. The summed E-state index contributed by atoms with van der Waals surface area (Å²) in [5.74, 6) is 0.0169. The smallest absolute Gasteiger partial charge is 0.262 e. The van der Waals surface area contributed by atoms with Crippen molar-refractivity contribution in [1.82, 2.24) is 14.5 Å². The molecule has 0 N–H and O–H groups in total. The molecule has 0 aromatic carbocycles. The molecule has 0 aliphatic heterocycles. The Kier molecular flexibility index (Phi) is 4.58. The topological polar surface area (TPSA) is 55.2 Å². The molecule has 0 bridgehead atoms. The summed E-state index contributed by atoms with van der Waals surface area (Å²) in [7, 11) is 1.80. The largest absolute Gasteiger partial charge is 0.338 e. The van der Waals surface area contributed by atoms with E-state index in [1.165, 1.54) is 22.2 Å². The van der Waals surface area contributed by atoms with Gasteiger partial charge >= 0.3 is 0 Å². The van der Waals surface area contributed by atoms with Crippen LogP contribution < -0.4 is 5.56 Å². The summed E-state index contributed by atoms with van der Waals surface area (Å²) in [4.78, 5) is 32.6. The monoisotopic (exact) mass is 347 g/mol. The number of amides is 1. The maximum absolute atomic E-state index is 12.4. The zero-order valence-corrected chi connectivity index (χ0v) is 14.6. The SMILES string of the molecule is CC(c1cccs1)N(C)C(=O)CCn1cnc2sccc2c1=O. The predicted molar refractivity (Wildman–Crippen MR) is 94.0 cm³/mol. The lowest BCUT2D eigenvalue weighted by Crippen LogP contribution is -2.31. The number of hydrogen-bond acceptors (Lipinski definition) is 5. The number of nitrogens with zero attached hydrogens (tertiary/aromatic N) is 3. The molecule has 3 aromatic heterocycles. The Hall–Kier alpha value is -1.99. The zero-order valence-electron chi connectivity index (χ0n) is 12.9. The third kappa shape index (κ3) is 3.20. The quantitative estimate of drug-likeness (QED) is 0.712. The summed E-state index contributed by atoms with van der Waals surface area (Å²) in [5, 5.41) is 4.47. The highest BCUT2D eigenvalue weighted by Gasteiger charge is 2.18. The second-order valence-electron chi connectivity index (χ2n) is 5.33. The van der Waals surface area contributed by atoms with Crippen LogP contribution >= 0.6 is 22.7 Å². The van der Waals surface area contributed by atoms with Crippen LogP contribution in [0.5, 0.6) is 0 Å². The number of hydrogen-bond donors (Lipinski definition) is 0. The summed E-state index contributed by atoms with van der Waals surface area (Å²) in [6.07, 6.45) is 1.81. The number of aryl methyl sites for hydroxylation is 1. The van der Waals surface area contributed by atoms with Crippen LogP contribution in [0, 0.1) is 0 Å². The summed E-state index contributed by atoms with van der Waals surface area (Å²) >= 11 is 3.08. The number of carbonyl (C=O) groups is 1. The minimum atomic E-state index is -0.0852. The number of thiophene rings is 2. The zero-order chi connectivity index (χ0) is 16.4. The van der Waals surface area contributed by atoms with Gasteiger partial charge in [-0.1, -0.05) is 6.07 Å². The van der Waals surface area contributed by atoms with E-state index in [2.05, 4.69) is 4.98 Å². The molecule has 7 heteroatoms. The van der Waals surface area contributed by atoms with Crippen molar-refractivity contribution in [2.75, 3.05) is 7.05 Å². The normalized spacial score (nSPS) is 12.4. The van der Waals surface area contributed by atoms with Crippen molar-refractivity contribution in [3.8, 4) is 0 Å². The number of carbonyl (C=O) groups excluding carboxylic acids is 1. The highest BCUT2D eigenvalue weighted by atomic mass is 32.1. The molecule has 3 aromatic rings. The van der Waals surface area contributed by atoms with Gasteiger partial charge in [0.1, 0.15) is 4.83 Å². The van der Waals surface area contributed by atoms with Crippen molar-refractivity contribution in [2.45, 2.75) is 25.9 Å². The highest BCUT2D eigenvalue weighted by molar-refractivity contribution is 7.16. The molecule has 1 unspecified atom stereocenters. The van der Waals surface area contributed by atoms with Gasteiger partial charge in [-0.15, -0.1) is 22.7 Å². The van der Waals surface area contributed by atoms with Crippen LogP contribution in [0.3, 0.4) is 0 Å². The van der Waals surface area contributed by atoms with Gasteiger partial charge in [0.15, 0.2) is 0 Å². The fourth-order valence-electron chi connectivity index (χ4n) is 2.38. The molecule has 0 saturated heterocycles. The highest BCUT2D eigenvalue weighted by Crippen LogP contribution is 2.23. The molecule has 0 aliphatic rings. The Morgan fingerprint density at radius 2 is 2.17 bits per heavy atom. The summed E-state index contributed by atoms with van der Waals surface area (Å²) in [6.45, 7) is 2.35. The van der Waals surface area contributed by atoms with E-state index in [1.54, 1.807) is 29.4 Å². The molecule has 0 radical (unpaired) electrons. The molecule has 1 atom stereocenters. The van der Waals surface area contributed by atoms with Crippen LogP contribution in [0.4, 0.5) is 0 Å². The molecule has 1 amide bonds. The maximum atomic E-state index is 12.4. The lowest BCUT2D eigenvalue weighted by molar-refractivity contribution is -0.132. The van der Waals surface area contributed by atoms with Crippen molar-refractivity contribution in [3.63, 3.8) is 0 Å². The molecule has 3 rings (SSSR count). The van der Waals surface area contributed by atoms with Gasteiger partial charge in [0.2, 0.25) is 5.91 Å². The average molecular weight is 347 g/mol. The Labute approximate surface area is 141 Å². The van der Waals surface area contributed by atoms with Crippen molar-refractivity contribution in [1.29, 1.82) is 0 Å². The average Bonchev–Trinajstić information content (AvgIpc) is 3.23. The molecule has 0 aliphatic carbocycles. The van der Waals surface area contributed by atoms with Crippen molar-refractivity contribution >= 4 is 38.8 Å². The Morgan fingerprint density at radius 1 is 1.35 bits per heavy atom. The molecule has 0 spiro atoms. The lowest BCUT2D eigenvalue weighted by atomic mass is 10.2. The van der Waals surface area contributed by atoms with Crippen molar-refractivity contribution in [2.24, 2.45) is 0 Å². The van der Waals surface area contributed by atoms with Gasteiger partial charge in [0.25, 0.3) is 5.56 Å².